The molecule has 114 valence electrons. The van der Waals surface area contributed by atoms with Crippen molar-refractivity contribution in [3.63, 3.8) is 0 Å². The summed E-state index contributed by atoms with van der Waals surface area (Å²) in [6.45, 7) is 0. The molecule has 0 aliphatic heterocycles. The number of rotatable bonds is 3. The first-order chi connectivity index (χ1) is 11.8. The Morgan fingerprint density at radius 1 is 1.04 bits per heavy atom. The lowest BCUT2D eigenvalue weighted by Crippen LogP contribution is -1.94. The highest BCUT2D eigenvalue weighted by atomic mass is 32.1. The number of aromatic nitrogens is 3. The lowest BCUT2D eigenvalue weighted by Gasteiger charge is -2.08. The molecule has 3 aromatic heterocycles. The number of benzene rings is 1. The Bertz CT molecular complexity index is 1040. The fourth-order valence-electron chi connectivity index (χ4n) is 2.24. The molecule has 5 nitrogen and oxygen atoms in total. The van der Waals surface area contributed by atoms with Crippen LogP contribution < -0.4 is 4.74 Å². The third-order valence-electron chi connectivity index (χ3n) is 3.39. The summed E-state index contributed by atoms with van der Waals surface area (Å²) in [4.78, 5) is 13.2. The Morgan fingerprint density at radius 2 is 1.92 bits per heavy atom. The molecule has 24 heavy (non-hydrogen) atoms. The van der Waals surface area contributed by atoms with Crippen LogP contribution in [0.2, 0.25) is 0 Å². The average molecular weight is 330 g/mol. The Labute approximate surface area is 141 Å². The zero-order valence-corrected chi connectivity index (χ0v) is 13.2. The fraction of sp³-hybridized carbons (Fsp3) is 0. The van der Waals surface area contributed by atoms with E-state index in [0.29, 0.717) is 23.0 Å². The lowest BCUT2D eigenvalue weighted by atomic mass is 10.2. The molecule has 0 radical (unpaired) electrons. The number of hydrogen-bond donors (Lipinski definition) is 0. The molecule has 4 aromatic rings. The van der Waals surface area contributed by atoms with Gasteiger partial charge in [0.2, 0.25) is 5.88 Å². The molecular formula is C18H10N4OS. The standard InChI is InChI=1S/C18H10N4OS/c19-10-12-3-5-14(6-4-12)23-18-16-15(7-9-24-16)21-17(22-18)13-2-1-8-20-11-13/h1-9,11H. The van der Waals surface area contributed by atoms with Gasteiger partial charge in [0.25, 0.3) is 0 Å². The van der Waals surface area contributed by atoms with Crippen molar-refractivity contribution in [3.05, 3.63) is 65.8 Å². The summed E-state index contributed by atoms with van der Waals surface area (Å²) in [5.41, 5.74) is 2.25. The van der Waals surface area contributed by atoms with Crippen molar-refractivity contribution < 1.29 is 4.74 Å². The summed E-state index contributed by atoms with van der Waals surface area (Å²) < 4.78 is 6.82. The Balaban J connectivity index is 1.78. The second-order valence-electron chi connectivity index (χ2n) is 4.97. The van der Waals surface area contributed by atoms with Crippen molar-refractivity contribution in [1.82, 2.24) is 15.0 Å². The second-order valence-corrected chi connectivity index (χ2v) is 5.88. The van der Waals surface area contributed by atoms with Gasteiger partial charge >= 0.3 is 0 Å². The van der Waals surface area contributed by atoms with Gasteiger partial charge in [0.15, 0.2) is 5.82 Å². The third kappa shape index (κ3) is 2.69. The van der Waals surface area contributed by atoms with E-state index < -0.39 is 0 Å². The first-order valence-electron chi connectivity index (χ1n) is 7.17. The van der Waals surface area contributed by atoms with Gasteiger partial charge in [0.1, 0.15) is 10.4 Å². The zero-order valence-electron chi connectivity index (χ0n) is 12.4. The van der Waals surface area contributed by atoms with Crippen LogP contribution in [-0.2, 0) is 0 Å². The normalized spacial score (nSPS) is 10.5. The first-order valence-corrected chi connectivity index (χ1v) is 8.05. The number of hydrogen-bond acceptors (Lipinski definition) is 6. The topological polar surface area (TPSA) is 71.7 Å². The maximum atomic E-state index is 8.88. The van der Waals surface area contributed by atoms with Gasteiger partial charge in [-0.25, -0.2) is 4.98 Å². The minimum atomic E-state index is 0.499. The van der Waals surface area contributed by atoms with Crippen molar-refractivity contribution in [2.24, 2.45) is 0 Å². The van der Waals surface area contributed by atoms with Crippen molar-refractivity contribution in [2.45, 2.75) is 0 Å². The van der Waals surface area contributed by atoms with E-state index in [1.165, 1.54) is 11.3 Å². The smallest absolute Gasteiger partial charge is 0.240 e. The van der Waals surface area contributed by atoms with Gasteiger partial charge in [0, 0.05) is 18.0 Å². The van der Waals surface area contributed by atoms with Gasteiger partial charge in [-0.1, -0.05) is 0 Å². The number of thiophene rings is 1. The van der Waals surface area contributed by atoms with Gasteiger partial charge < -0.3 is 4.74 Å². The van der Waals surface area contributed by atoms with E-state index >= 15 is 0 Å². The molecule has 0 bridgehead atoms. The van der Waals surface area contributed by atoms with E-state index in [1.807, 2.05) is 23.6 Å². The van der Waals surface area contributed by atoms with Crippen LogP contribution in [0.3, 0.4) is 0 Å². The number of pyridine rings is 1. The second kappa shape index (κ2) is 6.07. The van der Waals surface area contributed by atoms with Crippen molar-refractivity contribution >= 4 is 21.6 Å². The molecule has 0 aliphatic rings. The largest absolute Gasteiger partial charge is 0.437 e. The molecule has 0 fully saturated rings. The number of ether oxygens (including phenoxy) is 1. The molecule has 0 unspecified atom stereocenters. The van der Waals surface area contributed by atoms with Crippen LogP contribution >= 0.6 is 11.3 Å². The van der Waals surface area contributed by atoms with Crippen LogP contribution in [0.1, 0.15) is 5.56 Å². The summed E-state index contributed by atoms with van der Waals surface area (Å²) in [6.07, 6.45) is 3.43. The van der Waals surface area contributed by atoms with Crippen LogP contribution in [0.5, 0.6) is 11.6 Å². The highest BCUT2D eigenvalue weighted by molar-refractivity contribution is 7.17. The van der Waals surface area contributed by atoms with E-state index in [0.717, 1.165) is 15.8 Å². The number of nitriles is 1. The molecule has 0 aliphatic carbocycles. The van der Waals surface area contributed by atoms with Crippen LogP contribution in [-0.4, -0.2) is 15.0 Å². The monoisotopic (exact) mass is 330 g/mol. The summed E-state index contributed by atoms with van der Waals surface area (Å²) in [5.74, 6) is 1.69. The average Bonchev–Trinajstić information content (AvgIpc) is 3.12. The molecule has 0 atom stereocenters. The molecule has 0 spiro atoms. The maximum Gasteiger partial charge on any atom is 0.240 e. The predicted octanol–water partition coefficient (Wildman–Crippen LogP) is 4.42. The summed E-state index contributed by atoms with van der Waals surface area (Å²) in [7, 11) is 0. The summed E-state index contributed by atoms with van der Waals surface area (Å²) >= 11 is 1.53. The number of fused-ring (bicyclic) bond motifs is 1. The summed E-state index contributed by atoms with van der Waals surface area (Å²) in [5, 5.41) is 10.8. The minimum Gasteiger partial charge on any atom is -0.437 e. The van der Waals surface area contributed by atoms with Crippen LogP contribution in [0.4, 0.5) is 0 Å². The van der Waals surface area contributed by atoms with E-state index in [2.05, 4.69) is 21.0 Å². The van der Waals surface area contributed by atoms with Gasteiger partial charge in [-0.05, 0) is 47.8 Å². The molecule has 0 saturated carbocycles. The Morgan fingerprint density at radius 3 is 2.67 bits per heavy atom. The number of nitrogens with zero attached hydrogens (tertiary/aromatic N) is 4. The maximum absolute atomic E-state index is 8.88. The molecule has 4 rings (SSSR count). The minimum absolute atomic E-state index is 0.499. The molecule has 3 heterocycles. The van der Waals surface area contributed by atoms with E-state index in [-0.39, 0.29) is 0 Å². The predicted molar refractivity (Wildman–Crippen MR) is 91.9 cm³/mol. The van der Waals surface area contributed by atoms with Crippen LogP contribution in [0.15, 0.2) is 60.2 Å². The molecule has 0 amide bonds. The molecule has 0 saturated heterocycles. The SMILES string of the molecule is N#Cc1ccc(Oc2nc(-c3cccnc3)nc3ccsc23)cc1. The van der Waals surface area contributed by atoms with Gasteiger partial charge in [0.05, 0.1) is 17.1 Å². The lowest BCUT2D eigenvalue weighted by molar-refractivity contribution is 0.470. The van der Waals surface area contributed by atoms with E-state index in [4.69, 9.17) is 10.00 Å². The van der Waals surface area contributed by atoms with E-state index in [1.54, 1.807) is 36.7 Å². The Hall–Kier alpha value is -3.30. The molecule has 1 aromatic carbocycles. The van der Waals surface area contributed by atoms with Crippen molar-refractivity contribution in [1.29, 1.82) is 5.26 Å². The van der Waals surface area contributed by atoms with Crippen molar-refractivity contribution in [3.8, 4) is 29.1 Å². The van der Waals surface area contributed by atoms with Crippen molar-refractivity contribution in [2.75, 3.05) is 0 Å². The molecule has 6 heteroatoms. The fourth-order valence-corrected chi connectivity index (χ4v) is 2.99. The molecule has 0 N–H and O–H groups in total. The highest BCUT2D eigenvalue weighted by Gasteiger charge is 2.12. The van der Waals surface area contributed by atoms with Gasteiger partial charge in [-0.15, -0.1) is 11.3 Å². The summed E-state index contributed by atoms with van der Waals surface area (Å²) in [6, 6.07) is 14.7. The quantitative estimate of drug-likeness (QED) is 0.556. The van der Waals surface area contributed by atoms with Gasteiger partial charge in [-0.2, -0.15) is 10.2 Å². The van der Waals surface area contributed by atoms with Gasteiger partial charge in [-0.3, -0.25) is 4.98 Å². The van der Waals surface area contributed by atoms with Crippen LogP contribution in [0.25, 0.3) is 21.6 Å². The first kappa shape index (κ1) is 14.3. The Kier molecular flexibility index (Phi) is 3.61. The van der Waals surface area contributed by atoms with Crippen LogP contribution in [0, 0.1) is 11.3 Å². The zero-order chi connectivity index (χ0) is 16.4. The van der Waals surface area contributed by atoms with E-state index in [9.17, 15) is 0 Å². The molecular weight excluding hydrogens is 320 g/mol. The third-order valence-corrected chi connectivity index (χ3v) is 4.28. The highest BCUT2D eigenvalue weighted by Crippen LogP contribution is 2.33.